The minimum Gasteiger partial charge on any atom is -0.455 e. The number of piperazine rings is 1. The van der Waals surface area contributed by atoms with Gasteiger partial charge in [-0.3, -0.25) is 9.00 Å². The molecule has 0 spiro atoms. The van der Waals surface area contributed by atoms with Crippen LogP contribution in [-0.2, 0) is 22.3 Å². The smallest absolute Gasteiger partial charge is 0.289 e. The molecule has 1 aliphatic heterocycles. The van der Waals surface area contributed by atoms with Crippen molar-refractivity contribution in [2.45, 2.75) is 11.5 Å². The summed E-state index contributed by atoms with van der Waals surface area (Å²) in [5.74, 6) is 0.990. The van der Waals surface area contributed by atoms with E-state index in [2.05, 4.69) is 4.90 Å². The summed E-state index contributed by atoms with van der Waals surface area (Å²) in [7, 11) is -1.16. The van der Waals surface area contributed by atoms with Crippen LogP contribution < -0.4 is 4.90 Å². The van der Waals surface area contributed by atoms with Gasteiger partial charge in [0.1, 0.15) is 11.6 Å². The van der Waals surface area contributed by atoms with Crippen LogP contribution in [0.2, 0.25) is 5.02 Å². The average molecular weight is 461 g/mol. The van der Waals surface area contributed by atoms with Crippen molar-refractivity contribution in [1.82, 2.24) is 4.90 Å². The number of rotatable bonds is 6. The predicted octanol–water partition coefficient (Wildman–Crippen LogP) is 4.48. The first-order chi connectivity index (χ1) is 15.0. The highest BCUT2D eigenvalue weighted by molar-refractivity contribution is 7.83. The van der Waals surface area contributed by atoms with Crippen molar-refractivity contribution in [3.05, 3.63) is 88.6 Å². The molecule has 0 bridgehead atoms. The molecule has 1 amide bonds. The van der Waals surface area contributed by atoms with Crippen LogP contribution in [0.25, 0.3) is 0 Å². The average Bonchev–Trinajstić information content (AvgIpc) is 3.24. The van der Waals surface area contributed by atoms with Gasteiger partial charge in [-0.15, -0.1) is 0 Å². The van der Waals surface area contributed by atoms with E-state index < -0.39 is 10.8 Å². The van der Waals surface area contributed by atoms with E-state index in [0.29, 0.717) is 42.7 Å². The van der Waals surface area contributed by atoms with Crippen LogP contribution in [0.3, 0.4) is 0 Å². The number of nitrogens with zero attached hydrogens (tertiary/aromatic N) is 2. The quantitative estimate of drug-likeness (QED) is 0.544. The number of carbonyl (C=O) groups is 1. The van der Waals surface area contributed by atoms with Gasteiger partial charge in [0, 0.05) is 53.4 Å². The standard InChI is InChI=1S/C23H22ClFN2O3S/c24-18-3-1-17(2-4-18)15-31(29)16-21-9-10-22(30-21)23(28)27-13-11-26(12-14-27)20-7-5-19(25)6-8-20/h1-10H,11-16H2/t31-/m1/s1. The maximum absolute atomic E-state index is 13.1. The number of hydrogen-bond acceptors (Lipinski definition) is 4. The Hall–Kier alpha value is -2.64. The number of furan rings is 1. The molecular formula is C23H22ClFN2O3S. The topological polar surface area (TPSA) is 53.8 Å². The Balaban J connectivity index is 1.30. The van der Waals surface area contributed by atoms with E-state index in [1.165, 1.54) is 12.1 Å². The first kappa shape index (κ1) is 21.6. The van der Waals surface area contributed by atoms with Crippen molar-refractivity contribution in [1.29, 1.82) is 0 Å². The third-order valence-electron chi connectivity index (χ3n) is 5.18. The lowest BCUT2D eigenvalue weighted by Crippen LogP contribution is -2.48. The molecule has 2 heterocycles. The van der Waals surface area contributed by atoms with Crippen LogP contribution in [0.15, 0.2) is 65.1 Å². The van der Waals surface area contributed by atoms with E-state index in [1.807, 2.05) is 12.1 Å². The van der Waals surface area contributed by atoms with Crippen molar-refractivity contribution in [3.63, 3.8) is 0 Å². The van der Waals surface area contributed by atoms with Crippen LogP contribution >= 0.6 is 11.6 Å². The second-order valence-corrected chi connectivity index (χ2v) is 9.27. The summed E-state index contributed by atoms with van der Waals surface area (Å²) >= 11 is 5.88. The highest BCUT2D eigenvalue weighted by Gasteiger charge is 2.24. The highest BCUT2D eigenvalue weighted by Crippen LogP contribution is 2.20. The molecule has 162 valence electrons. The van der Waals surface area contributed by atoms with Gasteiger partial charge in [-0.25, -0.2) is 4.39 Å². The van der Waals surface area contributed by atoms with Crippen molar-refractivity contribution in [3.8, 4) is 0 Å². The number of anilines is 1. The Morgan fingerprint density at radius 2 is 1.61 bits per heavy atom. The third kappa shape index (κ3) is 5.54. The first-order valence-electron chi connectivity index (χ1n) is 9.96. The maximum Gasteiger partial charge on any atom is 0.289 e. The number of halogens is 2. The lowest BCUT2D eigenvalue weighted by molar-refractivity contribution is 0.0713. The van der Waals surface area contributed by atoms with Crippen molar-refractivity contribution < 1.29 is 17.8 Å². The van der Waals surface area contributed by atoms with Gasteiger partial charge in [-0.1, -0.05) is 23.7 Å². The van der Waals surface area contributed by atoms with E-state index in [1.54, 1.807) is 41.3 Å². The van der Waals surface area contributed by atoms with Gasteiger partial charge in [-0.05, 0) is 54.1 Å². The highest BCUT2D eigenvalue weighted by atomic mass is 35.5. The molecule has 31 heavy (non-hydrogen) atoms. The van der Waals surface area contributed by atoms with E-state index in [9.17, 15) is 13.4 Å². The van der Waals surface area contributed by atoms with Gasteiger partial charge in [0.15, 0.2) is 5.76 Å². The SMILES string of the molecule is O=C(c1ccc(C[S@](=O)Cc2ccc(Cl)cc2)o1)N1CCN(c2ccc(F)cc2)CC1. The van der Waals surface area contributed by atoms with E-state index in [-0.39, 0.29) is 23.2 Å². The summed E-state index contributed by atoms with van der Waals surface area (Å²) < 4.78 is 31.2. The molecule has 3 aromatic rings. The molecule has 4 rings (SSSR count). The minimum absolute atomic E-state index is 0.173. The maximum atomic E-state index is 13.1. The molecule has 1 atom stereocenters. The molecule has 2 aromatic carbocycles. The summed E-state index contributed by atoms with van der Waals surface area (Å²) in [4.78, 5) is 16.7. The molecule has 8 heteroatoms. The van der Waals surface area contributed by atoms with Crippen LogP contribution in [0.1, 0.15) is 21.9 Å². The Kier molecular flexibility index (Phi) is 6.73. The summed E-state index contributed by atoms with van der Waals surface area (Å²) in [6, 6.07) is 17.0. The van der Waals surface area contributed by atoms with E-state index >= 15 is 0 Å². The zero-order valence-corrected chi connectivity index (χ0v) is 18.4. The number of hydrogen-bond donors (Lipinski definition) is 0. The van der Waals surface area contributed by atoms with Gasteiger partial charge in [0.2, 0.25) is 0 Å². The zero-order chi connectivity index (χ0) is 21.8. The van der Waals surface area contributed by atoms with Crippen LogP contribution in [0.4, 0.5) is 10.1 Å². The molecule has 1 fully saturated rings. The molecule has 5 nitrogen and oxygen atoms in total. The van der Waals surface area contributed by atoms with Crippen LogP contribution in [0, 0.1) is 5.82 Å². The molecular weight excluding hydrogens is 439 g/mol. The molecule has 1 saturated heterocycles. The van der Waals surface area contributed by atoms with Crippen LogP contribution in [-0.4, -0.2) is 41.2 Å². The zero-order valence-electron chi connectivity index (χ0n) is 16.8. The third-order valence-corrected chi connectivity index (χ3v) is 6.69. The molecule has 0 unspecified atom stereocenters. The van der Waals surface area contributed by atoms with Gasteiger partial charge in [0.25, 0.3) is 5.91 Å². The predicted molar refractivity (Wildman–Crippen MR) is 120 cm³/mol. The first-order valence-corrected chi connectivity index (χ1v) is 11.8. The molecule has 0 N–H and O–H groups in total. The van der Waals surface area contributed by atoms with Crippen molar-refractivity contribution in [2.75, 3.05) is 31.1 Å². The lowest BCUT2D eigenvalue weighted by Gasteiger charge is -2.35. The Morgan fingerprint density at radius 3 is 2.29 bits per heavy atom. The van der Waals surface area contributed by atoms with E-state index in [0.717, 1.165) is 11.3 Å². The number of carbonyl (C=O) groups excluding carboxylic acids is 1. The number of benzene rings is 2. The van der Waals surface area contributed by atoms with Gasteiger partial charge < -0.3 is 14.2 Å². The monoisotopic (exact) mass is 460 g/mol. The Labute approximate surface area is 187 Å². The normalized spacial score (nSPS) is 15.2. The van der Waals surface area contributed by atoms with Gasteiger partial charge >= 0.3 is 0 Å². The van der Waals surface area contributed by atoms with Crippen LogP contribution in [0.5, 0.6) is 0 Å². The van der Waals surface area contributed by atoms with Crippen molar-refractivity contribution in [2.24, 2.45) is 0 Å². The minimum atomic E-state index is -1.16. The fourth-order valence-electron chi connectivity index (χ4n) is 3.52. The van der Waals surface area contributed by atoms with E-state index in [4.69, 9.17) is 16.0 Å². The molecule has 0 saturated carbocycles. The summed E-state index contributed by atoms with van der Waals surface area (Å²) in [5, 5.41) is 0.641. The Morgan fingerprint density at radius 1 is 0.935 bits per heavy atom. The molecule has 0 aliphatic carbocycles. The number of amides is 1. The largest absolute Gasteiger partial charge is 0.455 e. The lowest BCUT2D eigenvalue weighted by atomic mass is 10.2. The second kappa shape index (κ2) is 9.66. The molecule has 1 aliphatic rings. The second-order valence-electron chi connectivity index (χ2n) is 7.38. The molecule has 0 radical (unpaired) electrons. The summed E-state index contributed by atoms with van der Waals surface area (Å²) in [5.41, 5.74) is 1.88. The summed E-state index contributed by atoms with van der Waals surface area (Å²) in [6.45, 7) is 2.43. The van der Waals surface area contributed by atoms with Gasteiger partial charge in [0.05, 0.1) is 5.75 Å². The van der Waals surface area contributed by atoms with Crippen molar-refractivity contribution >= 4 is 34.0 Å². The molecule has 1 aromatic heterocycles. The van der Waals surface area contributed by atoms with Gasteiger partial charge in [-0.2, -0.15) is 0 Å². The fourth-order valence-corrected chi connectivity index (χ4v) is 4.79. The Bertz CT molecular complexity index is 1060. The summed E-state index contributed by atoms with van der Waals surface area (Å²) in [6.07, 6.45) is 0. The fraction of sp³-hybridized carbons (Fsp3) is 0.261.